The second-order valence-electron chi connectivity index (χ2n) is 4.05. The predicted octanol–water partition coefficient (Wildman–Crippen LogP) is 0.913. The van der Waals surface area contributed by atoms with Crippen LogP contribution in [0.4, 0.5) is 0 Å². The van der Waals surface area contributed by atoms with Crippen LogP contribution in [0.25, 0.3) is 0 Å². The molecule has 1 saturated heterocycles. The summed E-state index contributed by atoms with van der Waals surface area (Å²) in [6.45, 7) is 2.56. The Bertz CT molecular complexity index is 229. The maximum atomic E-state index is 11.4. The van der Waals surface area contributed by atoms with E-state index < -0.39 is 11.5 Å². The van der Waals surface area contributed by atoms with Crippen LogP contribution in [0.5, 0.6) is 0 Å². The summed E-state index contributed by atoms with van der Waals surface area (Å²) in [6.07, 6.45) is 0.720. The highest BCUT2D eigenvalue weighted by atomic mass is 32.2. The van der Waals surface area contributed by atoms with Crippen molar-refractivity contribution in [2.24, 2.45) is 0 Å². The molecule has 0 bridgehead atoms. The molecule has 0 aromatic heterocycles. The van der Waals surface area contributed by atoms with Crippen LogP contribution >= 0.6 is 11.8 Å². The molecule has 0 aromatic rings. The summed E-state index contributed by atoms with van der Waals surface area (Å²) in [5, 5.41) is 9.36. The predicted molar refractivity (Wildman–Crippen MR) is 61.4 cm³/mol. The number of methoxy groups -OCH3 is 1. The first-order valence-electron chi connectivity index (χ1n) is 5.07. The van der Waals surface area contributed by atoms with Gasteiger partial charge in [0.15, 0.2) is 0 Å². The van der Waals surface area contributed by atoms with Crippen LogP contribution in [-0.2, 0) is 9.53 Å². The number of hydrogen-bond acceptors (Lipinski definition) is 4. The van der Waals surface area contributed by atoms with Gasteiger partial charge in [-0.25, -0.2) is 0 Å². The van der Waals surface area contributed by atoms with Crippen LogP contribution in [0.3, 0.4) is 0 Å². The molecular weight excluding hydrogens is 214 g/mol. The summed E-state index contributed by atoms with van der Waals surface area (Å²) in [7, 11) is 3.52. The molecule has 0 aromatic carbocycles. The van der Waals surface area contributed by atoms with Crippen LogP contribution < -0.4 is 0 Å². The van der Waals surface area contributed by atoms with Gasteiger partial charge in [-0.05, 0) is 26.1 Å². The van der Waals surface area contributed by atoms with E-state index >= 15 is 0 Å². The fraction of sp³-hybridized carbons (Fsp3) is 0.900. The van der Waals surface area contributed by atoms with Gasteiger partial charge in [-0.15, -0.1) is 0 Å². The fourth-order valence-electron chi connectivity index (χ4n) is 1.93. The van der Waals surface area contributed by atoms with Crippen molar-refractivity contribution in [3.63, 3.8) is 0 Å². The molecule has 4 nitrogen and oxygen atoms in total. The molecule has 1 fully saturated rings. The molecule has 5 heteroatoms. The zero-order chi connectivity index (χ0) is 11.5. The number of rotatable bonds is 5. The number of thioether (sulfide) groups is 1. The lowest BCUT2D eigenvalue weighted by Crippen LogP contribution is -2.57. The minimum atomic E-state index is -0.710. The zero-order valence-electron chi connectivity index (χ0n) is 9.52. The average molecular weight is 233 g/mol. The lowest BCUT2D eigenvalue weighted by molar-refractivity contribution is -0.151. The standard InChI is InChI=1S/C10H19NO3S/c1-8(6-14-3)11(2)10(9(12)13)4-5-15-7-10/h8H,4-7H2,1-3H3,(H,12,13). The van der Waals surface area contributed by atoms with Gasteiger partial charge in [0.2, 0.25) is 0 Å². The topological polar surface area (TPSA) is 49.8 Å². The maximum Gasteiger partial charge on any atom is 0.325 e. The van der Waals surface area contributed by atoms with E-state index in [-0.39, 0.29) is 6.04 Å². The Kier molecular flexibility index (Phi) is 4.43. The first-order valence-corrected chi connectivity index (χ1v) is 6.23. The number of likely N-dealkylation sites (N-methyl/N-ethyl adjacent to an activating group) is 1. The third-order valence-corrected chi connectivity index (χ3v) is 4.32. The van der Waals surface area contributed by atoms with Gasteiger partial charge < -0.3 is 9.84 Å². The zero-order valence-corrected chi connectivity index (χ0v) is 10.3. The smallest absolute Gasteiger partial charge is 0.325 e. The van der Waals surface area contributed by atoms with Crippen molar-refractivity contribution in [1.29, 1.82) is 0 Å². The van der Waals surface area contributed by atoms with E-state index in [4.69, 9.17) is 4.74 Å². The highest BCUT2D eigenvalue weighted by Crippen LogP contribution is 2.34. The molecule has 88 valence electrons. The summed E-state index contributed by atoms with van der Waals surface area (Å²) in [6, 6.07) is 0.129. The molecule has 0 saturated carbocycles. The largest absolute Gasteiger partial charge is 0.480 e. The minimum absolute atomic E-state index is 0.129. The van der Waals surface area contributed by atoms with Gasteiger partial charge in [-0.3, -0.25) is 9.69 Å². The number of carbonyl (C=O) groups is 1. The highest BCUT2D eigenvalue weighted by Gasteiger charge is 2.46. The molecule has 1 aliphatic heterocycles. The van der Waals surface area contributed by atoms with Crippen LogP contribution in [0.1, 0.15) is 13.3 Å². The summed E-state index contributed by atoms with van der Waals surface area (Å²) >= 11 is 1.71. The number of carboxylic acid groups (broad SMARTS) is 1. The summed E-state index contributed by atoms with van der Waals surface area (Å²) in [5.41, 5.74) is -0.692. The van der Waals surface area contributed by atoms with Gasteiger partial charge in [-0.2, -0.15) is 11.8 Å². The molecule has 1 aliphatic rings. The molecule has 0 aliphatic carbocycles. The van der Waals surface area contributed by atoms with Crippen molar-refractivity contribution in [1.82, 2.24) is 4.90 Å². The highest BCUT2D eigenvalue weighted by molar-refractivity contribution is 7.99. The fourth-order valence-corrected chi connectivity index (χ4v) is 3.36. The van der Waals surface area contributed by atoms with Crippen LogP contribution in [-0.4, -0.2) is 59.8 Å². The molecule has 0 spiro atoms. The second kappa shape index (κ2) is 5.18. The molecule has 2 unspecified atom stereocenters. The Morgan fingerprint density at radius 3 is 2.80 bits per heavy atom. The van der Waals surface area contributed by atoms with E-state index in [0.29, 0.717) is 12.4 Å². The van der Waals surface area contributed by atoms with Crippen molar-refractivity contribution in [3.05, 3.63) is 0 Å². The number of carboxylic acids is 1. The molecule has 1 N–H and O–H groups in total. The Hall–Kier alpha value is -0.260. The Morgan fingerprint density at radius 2 is 2.40 bits per heavy atom. The van der Waals surface area contributed by atoms with Gasteiger partial charge in [0.25, 0.3) is 0 Å². The van der Waals surface area contributed by atoms with Crippen molar-refractivity contribution < 1.29 is 14.6 Å². The van der Waals surface area contributed by atoms with E-state index in [9.17, 15) is 9.90 Å². The van der Waals surface area contributed by atoms with Crippen molar-refractivity contribution in [2.45, 2.75) is 24.9 Å². The molecule has 0 amide bonds. The summed E-state index contributed by atoms with van der Waals surface area (Å²) in [4.78, 5) is 13.3. The lowest BCUT2D eigenvalue weighted by Gasteiger charge is -2.38. The number of hydrogen-bond donors (Lipinski definition) is 1. The Morgan fingerprint density at radius 1 is 1.73 bits per heavy atom. The van der Waals surface area contributed by atoms with E-state index in [0.717, 1.165) is 12.2 Å². The van der Waals surface area contributed by atoms with Crippen LogP contribution in [0.2, 0.25) is 0 Å². The molecule has 1 heterocycles. The molecule has 2 atom stereocenters. The Balaban J connectivity index is 2.76. The van der Waals surface area contributed by atoms with Gasteiger partial charge in [0, 0.05) is 18.9 Å². The van der Waals surface area contributed by atoms with Gasteiger partial charge in [-0.1, -0.05) is 0 Å². The maximum absolute atomic E-state index is 11.4. The normalized spacial score (nSPS) is 28.3. The first-order chi connectivity index (χ1) is 7.04. The first kappa shape index (κ1) is 12.8. The summed E-state index contributed by atoms with van der Waals surface area (Å²) < 4.78 is 5.07. The number of nitrogens with zero attached hydrogens (tertiary/aromatic N) is 1. The minimum Gasteiger partial charge on any atom is -0.480 e. The van der Waals surface area contributed by atoms with Gasteiger partial charge >= 0.3 is 5.97 Å². The van der Waals surface area contributed by atoms with E-state index in [1.54, 1.807) is 18.9 Å². The van der Waals surface area contributed by atoms with Crippen molar-refractivity contribution in [2.75, 3.05) is 32.3 Å². The van der Waals surface area contributed by atoms with E-state index in [2.05, 4.69) is 0 Å². The molecule has 0 radical (unpaired) electrons. The van der Waals surface area contributed by atoms with Crippen molar-refractivity contribution in [3.8, 4) is 0 Å². The average Bonchev–Trinajstić information content (AvgIpc) is 2.66. The van der Waals surface area contributed by atoms with Crippen LogP contribution in [0, 0.1) is 0 Å². The number of ether oxygens (including phenoxy) is 1. The number of aliphatic carboxylic acids is 1. The quantitative estimate of drug-likeness (QED) is 0.765. The SMILES string of the molecule is COCC(C)N(C)C1(C(=O)O)CCSC1. The van der Waals surface area contributed by atoms with E-state index in [1.807, 2.05) is 18.9 Å². The Labute approximate surface area is 95.0 Å². The lowest BCUT2D eigenvalue weighted by atomic mass is 9.95. The summed E-state index contributed by atoms with van der Waals surface area (Å²) in [5.74, 6) is 0.890. The van der Waals surface area contributed by atoms with Gasteiger partial charge in [0.1, 0.15) is 5.54 Å². The second-order valence-corrected chi connectivity index (χ2v) is 5.16. The van der Waals surface area contributed by atoms with E-state index in [1.165, 1.54) is 0 Å². The molecular formula is C10H19NO3S. The van der Waals surface area contributed by atoms with Gasteiger partial charge in [0.05, 0.1) is 6.61 Å². The van der Waals surface area contributed by atoms with Crippen molar-refractivity contribution >= 4 is 17.7 Å². The molecule has 15 heavy (non-hydrogen) atoms. The third-order valence-electron chi connectivity index (χ3n) is 3.14. The van der Waals surface area contributed by atoms with Crippen LogP contribution in [0.15, 0.2) is 0 Å². The molecule has 1 rings (SSSR count). The monoisotopic (exact) mass is 233 g/mol. The third kappa shape index (κ3) is 2.46.